The van der Waals surface area contributed by atoms with Gasteiger partial charge >= 0.3 is 0 Å². The van der Waals surface area contributed by atoms with Crippen molar-refractivity contribution in [3.8, 4) is 11.5 Å². The van der Waals surface area contributed by atoms with Crippen LogP contribution < -0.4 is 14.8 Å². The highest BCUT2D eigenvalue weighted by molar-refractivity contribution is 5.40. The molecule has 5 heteroatoms. The minimum atomic E-state index is 0.428. The first-order chi connectivity index (χ1) is 10.2. The van der Waals surface area contributed by atoms with E-state index < -0.39 is 0 Å². The molecule has 0 aliphatic heterocycles. The van der Waals surface area contributed by atoms with Crippen LogP contribution in [0.5, 0.6) is 11.5 Å². The molecule has 0 spiro atoms. The Morgan fingerprint density at radius 1 is 1.05 bits per heavy atom. The lowest BCUT2D eigenvalue weighted by atomic mass is 10.2. The zero-order valence-corrected chi connectivity index (χ0v) is 13.5. The van der Waals surface area contributed by atoms with Crippen molar-refractivity contribution in [2.75, 3.05) is 40.6 Å². The standard InChI is InChI=1S/C16H27NO4/c1-13(2)17-12-14-5-6-15(19-4)11-16(14)21-10-9-20-8-7-18-3/h5-6,11,13,17H,7-10,12H2,1-4H3. The first-order valence-electron chi connectivity index (χ1n) is 7.27. The number of nitrogens with one attached hydrogen (secondary N) is 1. The molecule has 1 aromatic carbocycles. The largest absolute Gasteiger partial charge is 0.497 e. The van der Waals surface area contributed by atoms with E-state index in [0.29, 0.717) is 32.5 Å². The van der Waals surface area contributed by atoms with Crippen LogP contribution in [-0.4, -0.2) is 46.7 Å². The van der Waals surface area contributed by atoms with Gasteiger partial charge in [0, 0.05) is 31.3 Å². The topological polar surface area (TPSA) is 49.0 Å². The lowest BCUT2D eigenvalue weighted by molar-refractivity contribution is 0.0542. The van der Waals surface area contributed by atoms with Gasteiger partial charge in [0.25, 0.3) is 0 Å². The molecule has 0 atom stereocenters. The van der Waals surface area contributed by atoms with E-state index in [9.17, 15) is 0 Å². The fourth-order valence-corrected chi connectivity index (χ4v) is 1.71. The third-order valence-corrected chi connectivity index (χ3v) is 2.89. The number of rotatable bonds is 11. The summed E-state index contributed by atoms with van der Waals surface area (Å²) >= 11 is 0. The van der Waals surface area contributed by atoms with Crippen LogP contribution in [0.25, 0.3) is 0 Å². The van der Waals surface area contributed by atoms with E-state index in [1.807, 2.05) is 18.2 Å². The molecule has 1 aromatic rings. The summed E-state index contributed by atoms with van der Waals surface area (Å²) in [4.78, 5) is 0. The van der Waals surface area contributed by atoms with Crippen LogP contribution in [0.1, 0.15) is 19.4 Å². The first-order valence-corrected chi connectivity index (χ1v) is 7.27. The Kier molecular flexibility index (Phi) is 8.82. The van der Waals surface area contributed by atoms with E-state index in [1.165, 1.54) is 0 Å². The molecular formula is C16H27NO4. The van der Waals surface area contributed by atoms with Gasteiger partial charge in [-0.1, -0.05) is 19.9 Å². The van der Waals surface area contributed by atoms with E-state index in [4.69, 9.17) is 18.9 Å². The second-order valence-corrected chi connectivity index (χ2v) is 4.96. The van der Waals surface area contributed by atoms with Crippen LogP contribution in [0.15, 0.2) is 18.2 Å². The Labute approximate surface area is 127 Å². The van der Waals surface area contributed by atoms with Crippen LogP contribution in [0.4, 0.5) is 0 Å². The molecular weight excluding hydrogens is 270 g/mol. The van der Waals surface area contributed by atoms with Crippen molar-refractivity contribution in [2.45, 2.75) is 26.4 Å². The van der Waals surface area contributed by atoms with Crippen LogP contribution >= 0.6 is 0 Å². The maximum Gasteiger partial charge on any atom is 0.127 e. The molecule has 0 heterocycles. The summed E-state index contributed by atoms with van der Waals surface area (Å²) in [5.41, 5.74) is 1.11. The molecule has 0 fully saturated rings. The summed E-state index contributed by atoms with van der Waals surface area (Å²) in [7, 11) is 3.31. The molecule has 1 rings (SSSR count). The van der Waals surface area contributed by atoms with Gasteiger partial charge in [0.1, 0.15) is 18.1 Å². The summed E-state index contributed by atoms with van der Waals surface area (Å²) < 4.78 is 21.4. The minimum absolute atomic E-state index is 0.428. The first kappa shape index (κ1) is 17.8. The Balaban J connectivity index is 2.51. The normalized spacial score (nSPS) is 10.9. The number of hydrogen-bond acceptors (Lipinski definition) is 5. The van der Waals surface area contributed by atoms with Gasteiger partial charge in [0.15, 0.2) is 0 Å². The smallest absolute Gasteiger partial charge is 0.127 e. The van der Waals surface area contributed by atoms with Crippen molar-refractivity contribution >= 4 is 0 Å². The molecule has 0 unspecified atom stereocenters. The second kappa shape index (κ2) is 10.4. The monoisotopic (exact) mass is 297 g/mol. The molecule has 0 radical (unpaired) electrons. The summed E-state index contributed by atoms with van der Waals surface area (Å²) in [6, 6.07) is 6.30. The van der Waals surface area contributed by atoms with Crippen molar-refractivity contribution in [3.05, 3.63) is 23.8 Å². The molecule has 21 heavy (non-hydrogen) atoms. The van der Waals surface area contributed by atoms with Gasteiger partial charge in [-0.2, -0.15) is 0 Å². The Morgan fingerprint density at radius 3 is 2.48 bits per heavy atom. The fraction of sp³-hybridized carbons (Fsp3) is 0.625. The van der Waals surface area contributed by atoms with Gasteiger partial charge in [-0.05, 0) is 6.07 Å². The Morgan fingerprint density at radius 2 is 1.81 bits per heavy atom. The SMILES string of the molecule is COCCOCCOc1cc(OC)ccc1CNC(C)C. The molecule has 0 aromatic heterocycles. The van der Waals surface area contributed by atoms with Gasteiger partial charge in [-0.15, -0.1) is 0 Å². The van der Waals surface area contributed by atoms with E-state index in [0.717, 1.165) is 23.6 Å². The summed E-state index contributed by atoms with van der Waals surface area (Å²) in [5.74, 6) is 1.62. The van der Waals surface area contributed by atoms with Crippen LogP contribution in [0, 0.1) is 0 Å². The molecule has 0 aliphatic rings. The third-order valence-electron chi connectivity index (χ3n) is 2.89. The van der Waals surface area contributed by atoms with Crippen molar-refractivity contribution in [1.82, 2.24) is 5.32 Å². The fourth-order valence-electron chi connectivity index (χ4n) is 1.71. The minimum Gasteiger partial charge on any atom is -0.497 e. The average molecular weight is 297 g/mol. The number of methoxy groups -OCH3 is 2. The Bertz CT molecular complexity index is 396. The number of benzene rings is 1. The van der Waals surface area contributed by atoms with Crippen LogP contribution in [-0.2, 0) is 16.0 Å². The highest BCUT2D eigenvalue weighted by Crippen LogP contribution is 2.25. The van der Waals surface area contributed by atoms with Gasteiger partial charge in [-0.3, -0.25) is 0 Å². The Hall–Kier alpha value is -1.30. The van der Waals surface area contributed by atoms with Gasteiger partial charge < -0.3 is 24.3 Å². The van der Waals surface area contributed by atoms with Gasteiger partial charge in [-0.25, -0.2) is 0 Å². The number of ether oxygens (including phenoxy) is 4. The van der Waals surface area contributed by atoms with Crippen LogP contribution in [0.3, 0.4) is 0 Å². The molecule has 0 saturated carbocycles. The van der Waals surface area contributed by atoms with E-state index in [2.05, 4.69) is 19.2 Å². The third kappa shape index (κ3) is 7.32. The molecule has 0 saturated heterocycles. The maximum atomic E-state index is 5.81. The van der Waals surface area contributed by atoms with Crippen molar-refractivity contribution in [2.24, 2.45) is 0 Å². The quantitative estimate of drug-likeness (QED) is 0.635. The van der Waals surface area contributed by atoms with Crippen molar-refractivity contribution < 1.29 is 18.9 Å². The summed E-state index contributed by atoms with van der Waals surface area (Å²) in [6.07, 6.45) is 0. The van der Waals surface area contributed by atoms with Crippen molar-refractivity contribution in [1.29, 1.82) is 0 Å². The molecule has 120 valence electrons. The molecule has 0 amide bonds. The van der Waals surface area contributed by atoms with E-state index >= 15 is 0 Å². The predicted molar refractivity (Wildman–Crippen MR) is 83.2 cm³/mol. The highest BCUT2D eigenvalue weighted by Gasteiger charge is 2.06. The zero-order valence-electron chi connectivity index (χ0n) is 13.5. The average Bonchev–Trinajstić information content (AvgIpc) is 2.49. The predicted octanol–water partition coefficient (Wildman–Crippen LogP) is 2.24. The molecule has 5 nitrogen and oxygen atoms in total. The summed E-state index contributed by atoms with van der Waals surface area (Å²) in [6.45, 7) is 7.23. The highest BCUT2D eigenvalue weighted by atomic mass is 16.5. The van der Waals surface area contributed by atoms with E-state index in [-0.39, 0.29) is 0 Å². The lowest BCUT2D eigenvalue weighted by Crippen LogP contribution is -2.22. The van der Waals surface area contributed by atoms with Gasteiger partial charge in [0.05, 0.1) is 26.9 Å². The lowest BCUT2D eigenvalue weighted by Gasteiger charge is -2.15. The maximum absolute atomic E-state index is 5.81. The molecule has 0 aliphatic carbocycles. The van der Waals surface area contributed by atoms with Crippen molar-refractivity contribution in [3.63, 3.8) is 0 Å². The summed E-state index contributed by atoms with van der Waals surface area (Å²) in [5, 5.41) is 3.39. The second-order valence-electron chi connectivity index (χ2n) is 4.96. The molecule has 0 bridgehead atoms. The zero-order chi connectivity index (χ0) is 15.5. The van der Waals surface area contributed by atoms with Crippen LogP contribution in [0.2, 0.25) is 0 Å². The number of hydrogen-bond donors (Lipinski definition) is 1. The molecule has 1 N–H and O–H groups in total. The van der Waals surface area contributed by atoms with Gasteiger partial charge in [0.2, 0.25) is 0 Å². The van der Waals surface area contributed by atoms with E-state index in [1.54, 1.807) is 14.2 Å².